The highest BCUT2D eigenvalue weighted by atomic mass is 32.1. The number of carboxylic acids is 2. The topological polar surface area (TPSA) is 158 Å². The molecule has 158 valence electrons. The second-order valence-electron chi connectivity index (χ2n) is 7.00. The van der Waals surface area contributed by atoms with Crippen LogP contribution in [0.5, 0.6) is 11.8 Å². The number of aromatic carboxylic acids is 1. The summed E-state index contributed by atoms with van der Waals surface area (Å²) in [5.41, 5.74) is 1.50. The zero-order valence-corrected chi connectivity index (χ0v) is 16.4. The maximum Gasteiger partial charge on any atom is 0.394 e. The average Bonchev–Trinajstić information content (AvgIpc) is 3.18. The van der Waals surface area contributed by atoms with Crippen LogP contribution in [0.25, 0.3) is 6.08 Å². The van der Waals surface area contributed by atoms with Crippen LogP contribution < -0.4 is 5.32 Å². The van der Waals surface area contributed by atoms with Crippen molar-refractivity contribution < 1.29 is 39.5 Å². The number of amides is 1. The van der Waals surface area contributed by atoms with Crippen LogP contribution in [0.2, 0.25) is 0 Å². The smallest absolute Gasteiger partial charge is 0.394 e. The summed E-state index contributed by atoms with van der Waals surface area (Å²) in [6, 6.07) is 0. The minimum atomic E-state index is -1.72. The van der Waals surface area contributed by atoms with Crippen LogP contribution >= 0.6 is 11.3 Å². The van der Waals surface area contributed by atoms with Gasteiger partial charge in [-0.3, -0.25) is 9.36 Å². The summed E-state index contributed by atoms with van der Waals surface area (Å²) in [6.07, 6.45) is 4.65. The third-order valence-corrected chi connectivity index (χ3v) is 6.31. The van der Waals surface area contributed by atoms with Crippen LogP contribution in [-0.4, -0.2) is 48.9 Å². The molecule has 5 N–H and O–H groups in total. The molecule has 3 heterocycles. The first kappa shape index (κ1) is 20.0. The molecule has 0 bridgehead atoms. The molecule has 1 amide bonds. The van der Waals surface area contributed by atoms with Crippen molar-refractivity contribution in [3.63, 3.8) is 0 Å². The van der Waals surface area contributed by atoms with Gasteiger partial charge in [-0.2, -0.15) is 0 Å². The highest BCUT2D eigenvalue weighted by Crippen LogP contribution is 2.41. The Kier molecular flexibility index (Phi) is 5.00. The van der Waals surface area contributed by atoms with Gasteiger partial charge in [0.25, 0.3) is 0 Å². The third kappa shape index (κ3) is 3.31. The van der Waals surface area contributed by atoms with E-state index in [2.05, 4.69) is 5.32 Å². The summed E-state index contributed by atoms with van der Waals surface area (Å²) >= 11 is 0.957. The van der Waals surface area contributed by atoms with E-state index >= 15 is 0 Å². The molecule has 1 unspecified atom stereocenters. The second-order valence-corrected chi connectivity index (χ2v) is 8.11. The number of carbonyl (C=O) groups excluding carboxylic acids is 1. The van der Waals surface area contributed by atoms with E-state index in [0.29, 0.717) is 28.0 Å². The molecule has 0 fully saturated rings. The zero-order valence-electron chi connectivity index (χ0n) is 15.5. The average molecular weight is 434 g/mol. The van der Waals surface area contributed by atoms with Gasteiger partial charge in [-0.25, -0.2) is 9.59 Å². The zero-order chi connectivity index (χ0) is 21.6. The molecule has 1 atom stereocenters. The maximum atomic E-state index is 11.8. The maximum absolute atomic E-state index is 11.8. The van der Waals surface area contributed by atoms with Crippen molar-refractivity contribution >= 4 is 40.3 Å². The fraction of sp³-hybridized carbons (Fsp3) is 0.316. The number of hydrogen-bond acceptors (Lipinski definition) is 7. The number of aromatic nitrogens is 1. The first-order valence-electron chi connectivity index (χ1n) is 9.11. The molecule has 1 aliphatic heterocycles. The van der Waals surface area contributed by atoms with E-state index in [1.165, 1.54) is 4.57 Å². The van der Waals surface area contributed by atoms with Crippen LogP contribution in [0.1, 0.15) is 38.3 Å². The number of rotatable bonds is 4. The number of nitrogens with zero attached hydrogens (tertiary/aromatic N) is 1. The molecule has 30 heavy (non-hydrogen) atoms. The van der Waals surface area contributed by atoms with Gasteiger partial charge in [-0.15, -0.1) is 11.3 Å². The quantitative estimate of drug-likeness (QED) is 0.456. The Morgan fingerprint density at radius 1 is 1.20 bits per heavy atom. The molecule has 1 aliphatic carbocycles. The Hall–Kier alpha value is -3.31. The van der Waals surface area contributed by atoms with E-state index in [1.54, 1.807) is 6.08 Å². The van der Waals surface area contributed by atoms with Gasteiger partial charge in [0.05, 0.1) is 24.8 Å². The van der Waals surface area contributed by atoms with Crippen LogP contribution in [-0.2, 0) is 40.3 Å². The number of carboxylic acid groups (broad SMARTS) is 2. The largest absolute Gasteiger partial charge is 0.494 e. The predicted molar refractivity (Wildman–Crippen MR) is 105 cm³/mol. The predicted octanol–water partition coefficient (Wildman–Crippen LogP) is 1.78. The number of allylic oxidation sites excluding steroid dienone is 1. The van der Waals surface area contributed by atoms with Gasteiger partial charge in [0.2, 0.25) is 5.88 Å². The standard InChI is InChI=1S/C19H18N2O8S/c22-14(19(27)28)20-15-13(18(25)26)11-5-8(29-7-12(11)30-15)6-21-16(23)9-3-1-2-4-10(9)17(21)24/h1,3,8,23-24H,2,4-7H2,(H,20,22)(H,25,26)(H,27,28). The van der Waals surface area contributed by atoms with Crippen LogP contribution in [0, 0.1) is 0 Å². The van der Waals surface area contributed by atoms with E-state index in [0.717, 1.165) is 17.8 Å². The normalized spacial score (nSPS) is 17.3. The molecule has 2 aliphatic rings. The molecule has 0 radical (unpaired) electrons. The van der Waals surface area contributed by atoms with Crippen LogP contribution in [0.3, 0.4) is 0 Å². The van der Waals surface area contributed by atoms with E-state index < -0.39 is 23.9 Å². The summed E-state index contributed by atoms with van der Waals surface area (Å²) in [6.45, 7) is 0.167. The van der Waals surface area contributed by atoms with E-state index in [-0.39, 0.29) is 41.9 Å². The van der Waals surface area contributed by atoms with Crippen molar-refractivity contribution in [2.45, 2.75) is 38.5 Å². The molecule has 10 nitrogen and oxygen atoms in total. The van der Waals surface area contributed by atoms with Crippen LogP contribution in [0.15, 0.2) is 6.08 Å². The molecule has 11 heteroatoms. The number of hydrogen-bond donors (Lipinski definition) is 5. The summed E-state index contributed by atoms with van der Waals surface area (Å²) in [5.74, 6) is -4.45. The SMILES string of the molecule is O=C(O)C(=O)Nc1sc2c(c1C(=O)O)CC(Cn1c(O)c3c(c1O)CCC=C3)OC2. The van der Waals surface area contributed by atoms with Crippen molar-refractivity contribution in [1.82, 2.24) is 4.57 Å². The Morgan fingerprint density at radius 2 is 1.97 bits per heavy atom. The Bertz CT molecular complexity index is 1100. The lowest BCUT2D eigenvalue weighted by Crippen LogP contribution is -2.27. The number of carbonyl (C=O) groups is 3. The first-order valence-corrected chi connectivity index (χ1v) is 9.93. The summed E-state index contributed by atoms with van der Waals surface area (Å²) < 4.78 is 7.12. The lowest BCUT2D eigenvalue weighted by Gasteiger charge is -2.24. The van der Waals surface area contributed by atoms with Gasteiger partial charge >= 0.3 is 17.8 Å². The van der Waals surface area contributed by atoms with Crippen LogP contribution in [0.4, 0.5) is 5.00 Å². The van der Waals surface area contributed by atoms with Crippen molar-refractivity contribution in [2.75, 3.05) is 5.32 Å². The van der Waals surface area contributed by atoms with Crippen molar-refractivity contribution in [1.29, 1.82) is 0 Å². The molecule has 2 aromatic heterocycles. The van der Waals surface area contributed by atoms with E-state index in [1.807, 2.05) is 6.08 Å². The third-order valence-electron chi connectivity index (χ3n) is 5.19. The molecular weight excluding hydrogens is 416 g/mol. The molecule has 0 saturated heterocycles. The summed E-state index contributed by atoms with van der Waals surface area (Å²) in [4.78, 5) is 34.6. The Labute approximate surface area is 173 Å². The van der Waals surface area contributed by atoms with E-state index in [4.69, 9.17) is 9.84 Å². The van der Waals surface area contributed by atoms with Crippen molar-refractivity contribution in [3.05, 3.63) is 33.2 Å². The van der Waals surface area contributed by atoms with Crippen molar-refractivity contribution in [3.8, 4) is 11.8 Å². The fourth-order valence-electron chi connectivity index (χ4n) is 3.80. The monoisotopic (exact) mass is 434 g/mol. The van der Waals surface area contributed by atoms with Gasteiger partial charge in [0, 0.05) is 22.4 Å². The molecular formula is C19H18N2O8S. The second kappa shape index (κ2) is 7.50. The van der Waals surface area contributed by atoms with Gasteiger partial charge in [0.15, 0.2) is 5.88 Å². The Morgan fingerprint density at radius 3 is 2.63 bits per heavy atom. The van der Waals surface area contributed by atoms with Gasteiger partial charge in [-0.1, -0.05) is 12.2 Å². The van der Waals surface area contributed by atoms with Crippen molar-refractivity contribution in [2.24, 2.45) is 0 Å². The molecule has 4 rings (SSSR count). The minimum Gasteiger partial charge on any atom is -0.494 e. The lowest BCUT2D eigenvalue weighted by molar-refractivity contribution is -0.147. The number of ether oxygens (including phenoxy) is 1. The Balaban J connectivity index is 1.61. The molecule has 0 spiro atoms. The first-order chi connectivity index (χ1) is 14.3. The number of nitrogens with one attached hydrogen (secondary N) is 1. The molecule has 0 saturated carbocycles. The number of fused-ring (bicyclic) bond motifs is 2. The minimum absolute atomic E-state index is 0.0422. The molecule has 0 aromatic carbocycles. The van der Waals surface area contributed by atoms with E-state index in [9.17, 15) is 29.7 Å². The number of aromatic hydroxyl groups is 2. The summed E-state index contributed by atoms with van der Waals surface area (Å²) in [7, 11) is 0. The van der Waals surface area contributed by atoms with Gasteiger partial charge in [-0.05, 0) is 18.4 Å². The number of thiophene rings is 1. The number of aliphatic carboxylic acids is 1. The van der Waals surface area contributed by atoms with Gasteiger partial charge in [0.1, 0.15) is 5.00 Å². The molecule has 2 aromatic rings. The fourth-order valence-corrected chi connectivity index (χ4v) is 4.94. The highest BCUT2D eigenvalue weighted by Gasteiger charge is 2.32. The highest BCUT2D eigenvalue weighted by molar-refractivity contribution is 7.17. The number of anilines is 1. The lowest BCUT2D eigenvalue weighted by atomic mass is 10.0. The summed E-state index contributed by atoms with van der Waals surface area (Å²) in [5, 5.41) is 41.4. The van der Waals surface area contributed by atoms with Gasteiger partial charge < -0.3 is 30.5 Å².